The Balaban J connectivity index is 1.20. The van der Waals surface area contributed by atoms with E-state index in [4.69, 9.17) is 0 Å². The van der Waals surface area contributed by atoms with Gasteiger partial charge in [-0.2, -0.15) is 0 Å². The van der Waals surface area contributed by atoms with Crippen molar-refractivity contribution in [2.75, 3.05) is 13.1 Å². The molecule has 188 valence electrons. The topological polar surface area (TPSA) is 75.3 Å². The van der Waals surface area contributed by atoms with Crippen LogP contribution in [0.5, 0.6) is 0 Å². The Hall–Kier alpha value is -0.920. The molecule has 5 nitrogen and oxygen atoms in total. The second-order valence-electron chi connectivity index (χ2n) is 12.7. The summed E-state index contributed by atoms with van der Waals surface area (Å²) in [6, 6.07) is 4.87. The summed E-state index contributed by atoms with van der Waals surface area (Å²) in [4.78, 5) is 13.1. The molecule has 1 aromatic rings. The molecule has 34 heavy (non-hydrogen) atoms. The molecule has 4 unspecified atom stereocenters. The molecule has 0 heterocycles. The minimum atomic E-state index is -3.71. The molecule has 0 spiro atoms. The molecule has 0 aromatic heterocycles. The smallest absolute Gasteiger partial charge is 0.251 e. The Kier molecular flexibility index (Phi) is 6.25. The molecule has 6 aliphatic rings. The van der Waals surface area contributed by atoms with Crippen molar-refractivity contribution in [3.63, 3.8) is 0 Å². The first kappa shape index (κ1) is 24.8. The van der Waals surface area contributed by atoms with Gasteiger partial charge in [0.2, 0.25) is 10.0 Å². The number of rotatable bonds is 7. The molecule has 1 amide bonds. The Morgan fingerprint density at radius 2 is 1.68 bits per heavy atom. The van der Waals surface area contributed by atoms with Crippen LogP contribution in [0.25, 0.3) is 0 Å². The number of amides is 1. The van der Waals surface area contributed by atoms with Crippen LogP contribution in [-0.2, 0) is 10.0 Å². The van der Waals surface area contributed by atoms with Crippen molar-refractivity contribution < 1.29 is 13.2 Å². The van der Waals surface area contributed by atoms with Crippen molar-refractivity contribution in [3.05, 3.63) is 28.2 Å². The van der Waals surface area contributed by atoms with Crippen LogP contribution in [0.4, 0.5) is 0 Å². The predicted molar refractivity (Wildman–Crippen MR) is 138 cm³/mol. The lowest BCUT2D eigenvalue weighted by Crippen LogP contribution is -2.54. The molecule has 2 N–H and O–H groups in total. The van der Waals surface area contributed by atoms with Crippen molar-refractivity contribution in [1.82, 2.24) is 10.0 Å². The zero-order valence-corrected chi connectivity index (χ0v) is 23.3. The van der Waals surface area contributed by atoms with E-state index in [1.807, 2.05) is 0 Å². The average molecular weight is 552 g/mol. The van der Waals surface area contributed by atoms with Crippen molar-refractivity contribution in [1.29, 1.82) is 0 Å². The number of sulfonamides is 1. The summed E-state index contributed by atoms with van der Waals surface area (Å²) in [6.45, 7) is 10.5. The lowest BCUT2D eigenvalue weighted by molar-refractivity contribution is -0.103. The SMILES string of the molecule is CC1(C)C2CCC(CNC(=O)c3ccc(Br)c(S(=O)(=O)NCC4C[C@@H]5C[C@H](C4)C5(C)C)c3)C1C2. The quantitative estimate of drug-likeness (QED) is 0.463. The second-order valence-corrected chi connectivity index (χ2v) is 15.3. The number of hydrogen-bond donors (Lipinski definition) is 2. The molecule has 0 radical (unpaired) electrons. The molecule has 6 saturated carbocycles. The first-order valence-corrected chi connectivity index (χ1v) is 15.2. The van der Waals surface area contributed by atoms with E-state index in [1.54, 1.807) is 12.1 Å². The van der Waals surface area contributed by atoms with Gasteiger partial charge in [0.15, 0.2) is 0 Å². The monoisotopic (exact) mass is 550 g/mol. The van der Waals surface area contributed by atoms with Gasteiger partial charge < -0.3 is 5.32 Å². The van der Waals surface area contributed by atoms with Gasteiger partial charge in [-0.05, 0) is 119 Å². The summed E-state index contributed by atoms with van der Waals surface area (Å²) < 4.78 is 29.6. The van der Waals surface area contributed by atoms with Crippen LogP contribution in [0.2, 0.25) is 0 Å². The molecule has 4 bridgehead atoms. The normalized spacial score (nSPS) is 35.1. The maximum atomic E-state index is 13.1. The lowest BCUT2D eigenvalue weighted by Gasteiger charge is -2.60. The van der Waals surface area contributed by atoms with Crippen molar-refractivity contribution in [2.24, 2.45) is 46.3 Å². The van der Waals surface area contributed by atoms with Crippen LogP contribution < -0.4 is 10.0 Å². The van der Waals surface area contributed by atoms with Crippen molar-refractivity contribution in [2.45, 2.75) is 71.1 Å². The highest BCUT2D eigenvalue weighted by Crippen LogP contribution is 2.61. The van der Waals surface area contributed by atoms with Crippen LogP contribution in [-0.4, -0.2) is 27.4 Å². The summed E-state index contributed by atoms with van der Waals surface area (Å²) in [5, 5.41) is 3.09. The highest BCUT2D eigenvalue weighted by molar-refractivity contribution is 9.10. The molecule has 0 saturated heterocycles. The number of nitrogens with one attached hydrogen (secondary N) is 2. The van der Waals surface area contributed by atoms with Crippen molar-refractivity contribution >= 4 is 31.9 Å². The molecular formula is C27H39BrN2O3S. The third-order valence-corrected chi connectivity index (χ3v) is 12.9. The molecule has 7 rings (SSSR count). The Bertz CT molecular complexity index is 1070. The van der Waals surface area contributed by atoms with Gasteiger partial charge in [-0.3, -0.25) is 4.79 Å². The van der Waals surface area contributed by atoms with Crippen molar-refractivity contribution in [3.8, 4) is 0 Å². The van der Waals surface area contributed by atoms with E-state index in [0.29, 0.717) is 63.5 Å². The number of carbonyl (C=O) groups is 1. The predicted octanol–water partition coefficient (Wildman–Crippen LogP) is 5.60. The van der Waals surface area contributed by atoms with Crippen LogP contribution in [0.15, 0.2) is 27.6 Å². The van der Waals surface area contributed by atoms with Gasteiger partial charge in [0.05, 0.1) is 4.90 Å². The Morgan fingerprint density at radius 1 is 0.971 bits per heavy atom. The summed E-state index contributed by atoms with van der Waals surface area (Å²) >= 11 is 3.39. The molecule has 6 atom stereocenters. The van der Waals surface area contributed by atoms with E-state index in [2.05, 4.69) is 53.7 Å². The average Bonchev–Trinajstić information content (AvgIpc) is 2.81. The highest BCUT2D eigenvalue weighted by atomic mass is 79.9. The molecule has 6 aliphatic carbocycles. The van der Waals surface area contributed by atoms with E-state index in [9.17, 15) is 13.2 Å². The van der Waals surface area contributed by atoms with Crippen LogP contribution in [0.1, 0.15) is 76.6 Å². The second kappa shape index (κ2) is 8.58. The maximum Gasteiger partial charge on any atom is 0.251 e. The lowest BCUT2D eigenvalue weighted by atomic mass is 9.45. The number of halogens is 1. The maximum absolute atomic E-state index is 13.1. The van der Waals surface area contributed by atoms with Crippen LogP contribution in [0.3, 0.4) is 0 Å². The fourth-order valence-electron chi connectivity index (χ4n) is 7.68. The number of benzene rings is 1. The summed E-state index contributed by atoms with van der Waals surface area (Å²) in [5.41, 5.74) is 1.19. The van der Waals surface area contributed by atoms with Crippen LogP contribution >= 0.6 is 15.9 Å². The molecular weight excluding hydrogens is 512 g/mol. The van der Waals surface area contributed by atoms with Gasteiger partial charge in [-0.1, -0.05) is 27.7 Å². The number of fused-ring (bicyclic) bond motifs is 4. The first-order valence-electron chi connectivity index (χ1n) is 13.0. The Labute approximate surface area is 213 Å². The molecule has 7 heteroatoms. The minimum absolute atomic E-state index is 0.141. The molecule has 6 fully saturated rings. The zero-order chi connectivity index (χ0) is 24.5. The van der Waals surface area contributed by atoms with Gasteiger partial charge in [-0.15, -0.1) is 0 Å². The van der Waals surface area contributed by atoms with E-state index >= 15 is 0 Å². The van der Waals surface area contributed by atoms with E-state index in [0.717, 1.165) is 18.8 Å². The summed E-state index contributed by atoms with van der Waals surface area (Å²) in [5.74, 6) is 3.63. The zero-order valence-electron chi connectivity index (χ0n) is 20.9. The number of hydrogen-bond acceptors (Lipinski definition) is 3. The molecule has 1 aromatic carbocycles. The first-order chi connectivity index (χ1) is 15.9. The summed E-state index contributed by atoms with van der Waals surface area (Å²) in [6.07, 6.45) is 7.17. The van der Waals surface area contributed by atoms with E-state index < -0.39 is 10.0 Å². The minimum Gasteiger partial charge on any atom is -0.352 e. The number of carbonyl (C=O) groups excluding carboxylic acids is 1. The van der Waals surface area contributed by atoms with Gasteiger partial charge >= 0.3 is 0 Å². The van der Waals surface area contributed by atoms with E-state index in [1.165, 1.54) is 31.7 Å². The largest absolute Gasteiger partial charge is 0.352 e. The molecule has 0 aliphatic heterocycles. The Morgan fingerprint density at radius 3 is 2.29 bits per heavy atom. The van der Waals surface area contributed by atoms with Gasteiger partial charge in [0.1, 0.15) is 0 Å². The van der Waals surface area contributed by atoms with Gasteiger partial charge in [-0.25, -0.2) is 13.1 Å². The third-order valence-electron chi connectivity index (χ3n) is 10.5. The fourth-order valence-corrected chi connectivity index (χ4v) is 9.78. The third kappa shape index (κ3) is 4.17. The van der Waals surface area contributed by atoms with Gasteiger partial charge in [0, 0.05) is 23.1 Å². The standard InChI is InChI=1S/C27H39BrN2O3S/c1-26(2)20-9-16(10-21(26)12-20)14-30-34(32,33)24-11-17(6-8-23(24)28)25(31)29-15-18-5-7-19-13-22(18)27(19,3)4/h6,8,11,16,18-22,30H,5,7,9-10,12-15H2,1-4H3,(H,29,31)/t16?,18?,19?,20-,21+,22?. The van der Waals surface area contributed by atoms with Crippen LogP contribution in [0, 0.1) is 46.3 Å². The van der Waals surface area contributed by atoms with E-state index in [-0.39, 0.29) is 10.8 Å². The summed E-state index contributed by atoms with van der Waals surface area (Å²) in [7, 11) is -3.71. The highest BCUT2D eigenvalue weighted by Gasteiger charge is 2.54. The van der Waals surface area contributed by atoms with Gasteiger partial charge in [0.25, 0.3) is 5.91 Å². The fraction of sp³-hybridized carbons (Fsp3) is 0.741.